The van der Waals surface area contributed by atoms with Crippen LogP contribution < -0.4 is 0 Å². The Morgan fingerprint density at radius 3 is 1.95 bits per heavy atom. The van der Waals surface area contributed by atoms with Crippen molar-refractivity contribution in [1.82, 2.24) is 0 Å². The van der Waals surface area contributed by atoms with Crippen LogP contribution in [-0.2, 0) is 4.79 Å². The van der Waals surface area contributed by atoms with Crippen LogP contribution in [0.1, 0.15) is 103 Å². The van der Waals surface area contributed by atoms with Crippen LogP contribution in [-0.4, -0.2) is 6.29 Å². The third-order valence-electron chi connectivity index (χ3n) is 4.99. The van der Waals surface area contributed by atoms with E-state index in [4.69, 9.17) is 0 Å². The molecule has 1 atom stereocenters. The molecule has 1 fully saturated rings. The molecule has 0 aromatic carbocycles. The predicted molar refractivity (Wildman–Crippen MR) is 87.6 cm³/mol. The molecule has 0 heterocycles. The number of hydrogen-bond donors (Lipinski definition) is 0. The van der Waals surface area contributed by atoms with Gasteiger partial charge in [0.2, 0.25) is 6.29 Å². The van der Waals surface area contributed by atoms with E-state index in [0.717, 1.165) is 6.42 Å². The summed E-state index contributed by atoms with van der Waals surface area (Å²) in [5.41, 5.74) is 0. The van der Waals surface area contributed by atoms with E-state index in [0.29, 0.717) is 5.92 Å². The summed E-state index contributed by atoms with van der Waals surface area (Å²) in [5, 5.41) is 0. The van der Waals surface area contributed by atoms with Crippen LogP contribution in [0.2, 0.25) is 0 Å². The van der Waals surface area contributed by atoms with Crippen LogP contribution in [0.5, 0.6) is 0 Å². The van der Waals surface area contributed by atoms with E-state index in [1.807, 2.05) is 0 Å². The maximum absolute atomic E-state index is 11.1. The fraction of sp³-hybridized carbons (Fsp3) is 0.947. The van der Waals surface area contributed by atoms with Crippen molar-refractivity contribution in [3.8, 4) is 0 Å². The summed E-state index contributed by atoms with van der Waals surface area (Å²) in [6, 6.07) is 0. The van der Waals surface area contributed by atoms with Crippen molar-refractivity contribution < 1.29 is 4.79 Å². The summed E-state index contributed by atoms with van der Waals surface area (Å²) < 4.78 is 0. The molecule has 1 rings (SSSR count). The number of rotatable bonds is 12. The van der Waals surface area contributed by atoms with Gasteiger partial charge in [0, 0.05) is 5.92 Å². The minimum Gasteiger partial charge on any atom is -0.291 e. The maximum atomic E-state index is 11.1. The number of hydrogen-bond acceptors (Lipinski definition) is 1. The first-order valence-corrected chi connectivity index (χ1v) is 9.26. The highest BCUT2D eigenvalue weighted by Crippen LogP contribution is 2.31. The van der Waals surface area contributed by atoms with E-state index in [1.54, 1.807) is 0 Å². The van der Waals surface area contributed by atoms with Crippen molar-refractivity contribution in [1.29, 1.82) is 0 Å². The Hall–Kier alpha value is -0.330. The molecule has 0 spiro atoms. The second-order valence-electron chi connectivity index (χ2n) is 6.74. The summed E-state index contributed by atoms with van der Waals surface area (Å²) in [5.74, 6) is 0.912. The molecule has 0 aromatic heterocycles. The first kappa shape index (κ1) is 17.7. The molecule has 0 bridgehead atoms. The SMILES string of the molecule is CCCCCCCCCCCC([C]=O)C1CCCCC1. The number of carbonyl (C=O) groups excluding carboxylic acids is 1. The van der Waals surface area contributed by atoms with Crippen molar-refractivity contribution in [2.75, 3.05) is 0 Å². The molecule has 0 N–H and O–H groups in total. The van der Waals surface area contributed by atoms with Gasteiger partial charge >= 0.3 is 0 Å². The average Bonchev–Trinajstić information content (AvgIpc) is 2.50. The van der Waals surface area contributed by atoms with Crippen LogP contribution in [0.15, 0.2) is 0 Å². The van der Waals surface area contributed by atoms with Crippen LogP contribution in [0.3, 0.4) is 0 Å². The highest BCUT2D eigenvalue weighted by Gasteiger charge is 2.23. The van der Waals surface area contributed by atoms with Crippen LogP contribution in [0, 0.1) is 11.8 Å². The lowest BCUT2D eigenvalue weighted by molar-refractivity contribution is 0.277. The molecule has 0 amide bonds. The highest BCUT2D eigenvalue weighted by molar-refractivity contribution is 5.54. The molecule has 1 unspecified atom stereocenters. The van der Waals surface area contributed by atoms with Crippen molar-refractivity contribution >= 4 is 6.29 Å². The molecule has 1 saturated carbocycles. The minimum atomic E-state index is 0.250. The molecule has 117 valence electrons. The van der Waals surface area contributed by atoms with Crippen molar-refractivity contribution in [3.63, 3.8) is 0 Å². The van der Waals surface area contributed by atoms with E-state index in [-0.39, 0.29) is 5.92 Å². The Kier molecular flexibility index (Phi) is 11.0. The molecule has 0 saturated heterocycles. The monoisotopic (exact) mass is 279 g/mol. The Labute approximate surface area is 126 Å². The van der Waals surface area contributed by atoms with Gasteiger partial charge < -0.3 is 0 Å². The summed E-state index contributed by atoms with van der Waals surface area (Å²) >= 11 is 0. The molecular weight excluding hydrogens is 244 g/mol. The molecule has 20 heavy (non-hydrogen) atoms. The van der Waals surface area contributed by atoms with E-state index >= 15 is 0 Å². The second kappa shape index (κ2) is 12.4. The zero-order valence-electron chi connectivity index (χ0n) is 13.7. The summed E-state index contributed by atoms with van der Waals surface area (Å²) in [6.45, 7) is 2.27. The fourth-order valence-corrected chi connectivity index (χ4v) is 3.60. The Balaban J connectivity index is 1.94. The fourth-order valence-electron chi connectivity index (χ4n) is 3.60. The van der Waals surface area contributed by atoms with Gasteiger partial charge in [-0.1, -0.05) is 84.0 Å². The van der Waals surface area contributed by atoms with E-state index in [1.165, 1.54) is 89.9 Å². The van der Waals surface area contributed by atoms with E-state index in [9.17, 15) is 4.79 Å². The zero-order valence-corrected chi connectivity index (χ0v) is 13.7. The first-order chi connectivity index (χ1) is 9.88. The maximum Gasteiger partial charge on any atom is 0.202 e. The van der Waals surface area contributed by atoms with E-state index in [2.05, 4.69) is 13.2 Å². The van der Waals surface area contributed by atoms with Gasteiger partial charge in [-0.15, -0.1) is 0 Å². The lowest BCUT2D eigenvalue weighted by Crippen LogP contribution is -2.19. The predicted octanol–water partition coefficient (Wildman–Crippen LogP) is 6.21. The largest absolute Gasteiger partial charge is 0.291 e. The van der Waals surface area contributed by atoms with Gasteiger partial charge in [0.15, 0.2) is 0 Å². The first-order valence-electron chi connectivity index (χ1n) is 9.26. The lowest BCUT2D eigenvalue weighted by atomic mass is 9.78. The van der Waals surface area contributed by atoms with Gasteiger partial charge in [-0.05, 0) is 25.2 Å². The van der Waals surface area contributed by atoms with Gasteiger partial charge in [-0.3, -0.25) is 4.79 Å². The van der Waals surface area contributed by atoms with Crippen LogP contribution in [0.4, 0.5) is 0 Å². The summed E-state index contributed by atoms with van der Waals surface area (Å²) in [6.07, 6.45) is 22.3. The van der Waals surface area contributed by atoms with Crippen molar-refractivity contribution in [3.05, 3.63) is 0 Å². The van der Waals surface area contributed by atoms with Crippen LogP contribution in [0.25, 0.3) is 0 Å². The molecule has 1 aliphatic rings. The topological polar surface area (TPSA) is 17.1 Å². The summed E-state index contributed by atoms with van der Waals surface area (Å²) in [7, 11) is 0. The van der Waals surface area contributed by atoms with Gasteiger partial charge in [-0.2, -0.15) is 0 Å². The lowest BCUT2D eigenvalue weighted by Gasteiger charge is -2.26. The van der Waals surface area contributed by atoms with Crippen molar-refractivity contribution in [2.45, 2.75) is 103 Å². The Morgan fingerprint density at radius 2 is 1.40 bits per heavy atom. The molecule has 0 aliphatic heterocycles. The zero-order chi connectivity index (χ0) is 14.5. The van der Waals surface area contributed by atoms with Gasteiger partial charge in [0.1, 0.15) is 0 Å². The second-order valence-corrected chi connectivity index (χ2v) is 6.74. The van der Waals surface area contributed by atoms with Crippen molar-refractivity contribution in [2.24, 2.45) is 11.8 Å². The molecular formula is C19H35O. The van der Waals surface area contributed by atoms with Gasteiger partial charge in [0.05, 0.1) is 0 Å². The third kappa shape index (κ3) is 8.07. The normalized spacial score (nSPS) is 18.1. The van der Waals surface area contributed by atoms with E-state index < -0.39 is 0 Å². The number of unbranched alkanes of at least 4 members (excludes halogenated alkanes) is 8. The quantitative estimate of drug-likeness (QED) is 0.388. The molecule has 1 radical (unpaired) electrons. The smallest absolute Gasteiger partial charge is 0.202 e. The molecule has 1 aliphatic carbocycles. The molecule has 1 nitrogen and oxygen atoms in total. The van der Waals surface area contributed by atoms with Gasteiger partial charge in [-0.25, -0.2) is 0 Å². The summed E-state index contributed by atoms with van der Waals surface area (Å²) in [4.78, 5) is 11.1. The molecule has 0 aromatic rings. The minimum absolute atomic E-state index is 0.250. The third-order valence-corrected chi connectivity index (χ3v) is 4.99. The highest BCUT2D eigenvalue weighted by atomic mass is 16.1. The molecule has 1 heteroatoms. The Morgan fingerprint density at radius 1 is 0.850 bits per heavy atom. The van der Waals surface area contributed by atoms with Crippen LogP contribution >= 0.6 is 0 Å². The average molecular weight is 279 g/mol. The van der Waals surface area contributed by atoms with Gasteiger partial charge in [0.25, 0.3) is 0 Å². The Bertz CT molecular complexity index is 218. The standard InChI is InChI=1S/C19H35O/c1-2-3-4-5-6-7-8-9-11-16-19(17-20)18-14-12-10-13-15-18/h18-19H,2-16H2,1H3.